The summed E-state index contributed by atoms with van der Waals surface area (Å²) in [6, 6.07) is 25.4. The van der Waals surface area contributed by atoms with Gasteiger partial charge in [-0.05, 0) is 113 Å². The fraction of sp³-hybridized carbons (Fsp3) is 0.444. The molecule has 6 aromatic rings. The van der Waals surface area contributed by atoms with Gasteiger partial charge < -0.3 is 39.9 Å². The molecule has 5 fully saturated rings. The Labute approximate surface area is 396 Å². The largest absolute Gasteiger partial charge is 0.453 e. The van der Waals surface area contributed by atoms with E-state index in [2.05, 4.69) is 94.3 Å². The quantitative estimate of drug-likeness (QED) is 0.0994. The first-order chi connectivity index (χ1) is 33.0. The fourth-order valence-electron chi connectivity index (χ4n) is 12.5. The molecular formula is C54H60N8O6. The minimum absolute atomic E-state index is 0.0750. The number of rotatable bonds is 11. The molecule has 3 aliphatic carbocycles. The number of carbonyl (C=O) groups is 4. The van der Waals surface area contributed by atoms with E-state index in [1.54, 1.807) is 0 Å². The maximum Gasteiger partial charge on any atom is 0.407 e. The van der Waals surface area contributed by atoms with Gasteiger partial charge in [0.05, 0.1) is 49.2 Å². The number of alkyl carbamates (subject to hydrolysis) is 2. The lowest BCUT2D eigenvalue weighted by molar-refractivity contribution is -0.139. The van der Waals surface area contributed by atoms with Crippen LogP contribution in [-0.4, -0.2) is 86.1 Å². The van der Waals surface area contributed by atoms with Gasteiger partial charge >= 0.3 is 12.2 Å². The van der Waals surface area contributed by atoms with Crippen LogP contribution in [0.4, 0.5) is 9.59 Å². The van der Waals surface area contributed by atoms with Gasteiger partial charge in [0.15, 0.2) is 0 Å². The summed E-state index contributed by atoms with van der Waals surface area (Å²) in [5.74, 6) is 2.69. The van der Waals surface area contributed by atoms with E-state index in [4.69, 9.17) is 19.4 Å². The van der Waals surface area contributed by atoms with Crippen LogP contribution < -0.4 is 10.6 Å². The highest BCUT2D eigenvalue weighted by Gasteiger charge is 2.61. The number of fused-ring (bicyclic) bond motifs is 6. The average Bonchev–Trinajstić information content (AvgIpc) is 4.17. The molecule has 5 aliphatic rings. The second-order valence-corrected chi connectivity index (χ2v) is 20.3. The number of H-pyrrole nitrogens is 2. The van der Waals surface area contributed by atoms with E-state index in [9.17, 15) is 19.2 Å². The van der Waals surface area contributed by atoms with Gasteiger partial charge in [-0.1, -0.05) is 100 Å². The molecule has 9 atom stereocenters. The Kier molecular flexibility index (Phi) is 11.2. The zero-order chi connectivity index (χ0) is 47.0. The Morgan fingerprint density at radius 3 is 2.28 bits per heavy atom. The van der Waals surface area contributed by atoms with Crippen molar-refractivity contribution in [3.8, 4) is 22.4 Å². The van der Waals surface area contributed by atoms with Gasteiger partial charge in [-0.3, -0.25) is 9.59 Å². The summed E-state index contributed by atoms with van der Waals surface area (Å²) in [7, 11) is 2.64. The van der Waals surface area contributed by atoms with Crippen molar-refractivity contribution in [1.82, 2.24) is 40.4 Å². The topological polar surface area (TPSA) is 175 Å². The smallest absolute Gasteiger partial charge is 0.407 e. The molecule has 2 aliphatic heterocycles. The van der Waals surface area contributed by atoms with E-state index in [0.29, 0.717) is 23.7 Å². The van der Waals surface area contributed by atoms with E-state index in [1.165, 1.54) is 32.6 Å². The number of imidazole rings is 2. The Morgan fingerprint density at radius 1 is 0.765 bits per heavy atom. The van der Waals surface area contributed by atoms with Crippen LogP contribution in [0.15, 0.2) is 85.1 Å². The van der Waals surface area contributed by atoms with Crippen LogP contribution in [0.25, 0.3) is 44.2 Å². The predicted octanol–water partition coefficient (Wildman–Crippen LogP) is 9.87. The molecule has 3 saturated carbocycles. The van der Waals surface area contributed by atoms with Crippen molar-refractivity contribution in [3.63, 3.8) is 0 Å². The van der Waals surface area contributed by atoms with Crippen LogP contribution in [0.3, 0.4) is 0 Å². The number of piperidine rings is 2. The molecule has 11 rings (SSSR count). The summed E-state index contributed by atoms with van der Waals surface area (Å²) in [5.41, 5.74) is 7.77. The summed E-state index contributed by atoms with van der Waals surface area (Å²) in [5, 5.41) is 7.75. The molecule has 4 N–H and O–H groups in total. The van der Waals surface area contributed by atoms with Gasteiger partial charge in [0.2, 0.25) is 5.91 Å². The average molecular weight is 917 g/mol. The van der Waals surface area contributed by atoms with Gasteiger partial charge in [0.1, 0.15) is 23.7 Å². The standard InChI is InChI=1S/C54H60N8O6/c1-28(2)44(59-53(65)67-4)51(63)61-38-20-17-37(25-38)48(61)50-55-27-42(57-50)32-15-13-31(14-16-32)34-18-21-39-35(23-34)19-22-41-46(39)58-49(56-41)43-26-40-29(3)47(40)62(43)52(64)45(60-54(66)68-5)36-12-8-11-33(24-36)30-9-6-7-10-30/h8,11-16,18-19,21-24,27-30,37-38,40,43-45,47-48H,6-7,9-10,17,20,25-26H2,1-5H3,(H,55,57)(H,56,58)(H,59,65)(H,60,66)/t29-,37+,38-,40+,43+,44+,45-,47-,48+/m1/s1. The minimum atomic E-state index is -0.885. The third-order valence-electron chi connectivity index (χ3n) is 16.1. The minimum Gasteiger partial charge on any atom is -0.453 e. The number of aromatic nitrogens is 4. The number of methoxy groups -OCH3 is 2. The van der Waals surface area contributed by atoms with Gasteiger partial charge in [-0.25, -0.2) is 19.6 Å². The second-order valence-electron chi connectivity index (χ2n) is 20.3. The zero-order valence-corrected chi connectivity index (χ0v) is 39.3. The molecule has 2 saturated heterocycles. The summed E-state index contributed by atoms with van der Waals surface area (Å²) in [6.07, 6.45) is 9.01. The summed E-state index contributed by atoms with van der Waals surface area (Å²) in [4.78, 5) is 75.1. The molecular weight excluding hydrogens is 857 g/mol. The number of aromatic amines is 2. The molecule has 0 unspecified atom stereocenters. The second kappa shape index (κ2) is 17.4. The Bertz CT molecular complexity index is 2920. The van der Waals surface area contributed by atoms with E-state index in [-0.39, 0.29) is 41.9 Å². The van der Waals surface area contributed by atoms with Crippen molar-refractivity contribution in [2.24, 2.45) is 23.7 Å². The van der Waals surface area contributed by atoms with Crippen LogP contribution in [0.5, 0.6) is 0 Å². The Balaban J connectivity index is 0.828. The molecule has 4 amide bonds. The van der Waals surface area contributed by atoms with Crippen molar-refractivity contribution in [2.45, 2.75) is 114 Å². The van der Waals surface area contributed by atoms with Crippen LogP contribution in [0.2, 0.25) is 0 Å². The monoisotopic (exact) mass is 916 g/mol. The molecule has 352 valence electrons. The normalized spacial score (nSPS) is 24.9. The number of likely N-dealkylation sites (tertiary alicyclic amines) is 2. The molecule has 0 radical (unpaired) electrons. The maximum atomic E-state index is 14.9. The van der Waals surface area contributed by atoms with E-state index in [0.717, 1.165) is 99.9 Å². The van der Waals surface area contributed by atoms with Crippen molar-refractivity contribution in [2.75, 3.05) is 14.2 Å². The number of amides is 4. The number of carbonyl (C=O) groups excluding carboxylic acids is 4. The van der Waals surface area contributed by atoms with Gasteiger partial charge in [0, 0.05) is 17.5 Å². The molecule has 68 heavy (non-hydrogen) atoms. The van der Waals surface area contributed by atoms with Crippen molar-refractivity contribution < 1.29 is 28.7 Å². The Morgan fingerprint density at radius 2 is 1.51 bits per heavy atom. The summed E-state index contributed by atoms with van der Waals surface area (Å²) < 4.78 is 9.89. The lowest BCUT2D eigenvalue weighted by Gasteiger charge is -2.37. The number of ether oxygens (including phenoxy) is 2. The highest BCUT2D eigenvalue weighted by atomic mass is 16.5. The first kappa shape index (κ1) is 43.8. The van der Waals surface area contributed by atoms with Crippen LogP contribution in [0, 0.1) is 23.7 Å². The zero-order valence-electron chi connectivity index (χ0n) is 39.3. The van der Waals surface area contributed by atoms with Crippen molar-refractivity contribution in [1.29, 1.82) is 0 Å². The molecule has 2 bridgehead atoms. The third-order valence-corrected chi connectivity index (χ3v) is 16.1. The van der Waals surface area contributed by atoms with Crippen molar-refractivity contribution >= 4 is 45.8 Å². The fourth-order valence-corrected chi connectivity index (χ4v) is 12.5. The predicted molar refractivity (Wildman–Crippen MR) is 258 cm³/mol. The van der Waals surface area contributed by atoms with Crippen LogP contribution in [0.1, 0.15) is 119 Å². The van der Waals surface area contributed by atoms with E-state index in [1.807, 2.05) is 42.0 Å². The molecule has 0 spiro atoms. The lowest BCUT2D eigenvalue weighted by atomic mass is 9.93. The third kappa shape index (κ3) is 7.65. The highest BCUT2D eigenvalue weighted by molar-refractivity contribution is 6.05. The van der Waals surface area contributed by atoms with Crippen molar-refractivity contribution in [3.05, 3.63) is 108 Å². The molecule has 2 aromatic heterocycles. The number of hydrogen-bond acceptors (Lipinski definition) is 8. The SMILES string of the molecule is COC(=O)N[C@H](C(=O)N1[C@@H]2CC[C@@H](C2)[C@H]1c1ncc(-c2ccc(-c3ccc4c(ccc5[nH]c([C@@H]6C[C@H]7[C@@H](C)[C@H]7N6C(=O)[C@H](NC(=O)OC)c6cccc(C7CCCC7)c6)nc54)c3)cc2)[nH]1)C(C)C. The lowest BCUT2D eigenvalue weighted by Crippen LogP contribution is -2.54. The number of nitrogens with zero attached hydrogens (tertiary/aromatic N) is 4. The van der Waals surface area contributed by atoms with E-state index >= 15 is 0 Å². The Hall–Kier alpha value is -6.70. The molecule has 14 heteroatoms. The number of benzene rings is 4. The number of nitrogens with one attached hydrogen (secondary N) is 4. The first-order valence-electron chi connectivity index (χ1n) is 24.5. The highest BCUT2D eigenvalue weighted by Crippen LogP contribution is 2.58. The first-order valence-corrected chi connectivity index (χ1v) is 24.5. The molecule has 4 heterocycles. The summed E-state index contributed by atoms with van der Waals surface area (Å²) in [6.45, 7) is 6.07. The van der Waals surface area contributed by atoms with Gasteiger partial charge in [-0.2, -0.15) is 0 Å². The summed E-state index contributed by atoms with van der Waals surface area (Å²) >= 11 is 0. The molecule has 14 nitrogen and oxygen atoms in total. The molecule has 4 aromatic carbocycles. The van der Waals surface area contributed by atoms with E-state index < -0.39 is 24.3 Å². The van der Waals surface area contributed by atoms with Crippen LogP contribution in [-0.2, 0) is 19.1 Å². The maximum absolute atomic E-state index is 14.9. The van der Waals surface area contributed by atoms with Gasteiger partial charge in [-0.15, -0.1) is 0 Å². The number of hydrogen-bond donors (Lipinski definition) is 4. The van der Waals surface area contributed by atoms with Crippen LogP contribution >= 0.6 is 0 Å². The van der Waals surface area contributed by atoms with Gasteiger partial charge in [0.25, 0.3) is 5.91 Å².